The van der Waals surface area contributed by atoms with E-state index >= 15 is 0 Å². The van der Waals surface area contributed by atoms with Crippen LogP contribution in [0.3, 0.4) is 0 Å². The lowest BCUT2D eigenvalue weighted by atomic mass is 9.99. The minimum Gasteiger partial charge on any atom is -0.399 e. The molecule has 1 heterocycles. The van der Waals surface area contributed by atoms with Crippen molar-refractivity contribution >= 4 is 11.4 Å². The first-order chi connectivity index (χ1) is 8.18. The van der Waals surface area contributed by atoms with Gasteiger partial charge in [0, 0.05) is 24.5 Å². The predicted octanol–water partition coefficient (Wildman–Crippen LogP) is 3.77. The molecule has 1 fully saturated rings. The topological polar surface area (TPSA) is 29.3 Å². The molecule has 0 unspecified atom stereocenters. The van der Waals surface area contributed by atoms with Gasteiger partial charge in [-0.05, 0) is 36.5 Å². The Bertz CT molecular complexity index is 363. The van der Waals surface area contributed by atoms with E-state index in [2.05, 4.69) is 30.9 Å². The molecule has 2 rings (SSSR count). The van der Waals surface area contributed by atoms with Gasteiger partial charge in [0.15, 0.2) is 0 Å². The third-order valence-corrected chi connectivity index (χ3v) is 3.62. The molecule has 0 aromatic heterocycles. The Balaban J connectivity index is 2.30. The predicted molar refractivity (Wildman–Crippen MR) is 75.6 cm³/mol. The van der Waals surface area contributed by atoms with Crippen LogP contribution < -0.4 is 10.6 Å². The van der Waals surface area contributed by atoms with Crippen molar-refractivity contribution < 1.29 is 0 Å². The number of hydrogen-bond donors (Lipinski definition) is 1. The maximum Gasteiger partial charge on any atom is 0.0422 e. The normalized spacial score (nSPS) is 17.2. The monoisotopic (exact) mass is 232 g/mol. The molecule has 1 aromatic rings. The number of anilines is 2. The molecule has 2 N–H and O–H groups in total. The average Bonchev–Trinajstić information content (AvgIpc) is 2.56. The van der Waals surface area contributed by atoms with Crippen LogP contribution >= 0.6 is 0 Å². The molecule has 0 amide bonds. The Kier molecular flexibility index (Phi) is 3.93. The molecule has 0 atom stereocenters. The van der Waals surface area contributed by atoms with E-state index in [1.54, 1.807) is 0 Å². The van der Waals surface area contributed by atoms with Gasteiger partial charge >= 0.3 is 0 Å². The Hall–Kier alpha value is -1.18. The van der Waals surface area contributed by atoms with Gasteiger partial charge in [0.25, 0.3) is 0 Å². The van der Waals surface area contributed by atoms with Gasteiger partial charge in [-0.3, -0.25) is 0 Å². The van der Waals surface area contributed by atoms with E-state index in [0.717, 1.165) is 5.69 Å². The van der Waals surface area contributed by atoms with Gasteiger partial charge in [-0.15, -0.1) is 0 Å². The SMILES string of the molecule is CC(C)c1ccc(N)cc1N1CCCCCC1. The molecule has 17 heavy (non-hydrogen) atoms. The average molecular weight is 232 g/mol. The van der Waals surface area contributed by atoms with Crippen molar-refractivity contribution in [1.82, 2.24) is 0 Å². The highest BCUT2D eigenvalue weighted by Gasteiger charge is 2.15. The van der Waals surface area contributed by atoms with Crippen LogP contribution in [0, 0.1) is 0 Å². The Labute approximate surface area is 105 Å². The van der Waals surface area contributed by atoms with Gasteiger partial charge in [-0.2, -0.15) is 0 Å². The van der Waals surface area contributed by atoms with Crippen molar-refractivity contribution in [2.75, 3.05) is 23.7 Å². The van der Waals surface area contributed by atoms with E-state index in [-0.39, 0.29) is 0 Å². The van der Waals surface area contributed by atoms with Gasteiger partial charge in [-0.25, -0.2) is 0 Å². The van der Waals surface area contributed by atoms with Crippen LogP contribution in [-0.2, 0) is 0 Å². The van der Waals surface area contributed by atoms with Crippen LogP contribution in [0.4, 0.5) is 11.4 Å². The number of nitrogens with zero attached hydrogens (tertiary/aromatic N) is 1. The molecule has 1 aliphatic rings. The summed E-state index contributed by atoms with van der Waals surface area (Å²) in [6.45, 7) is 6.88. The fraction of sp³-hybridized carbons (Fsp3) is 0.600. The second kappa shape index (κ2) is 5.44. The molecule has 2 nitrogen and oxygen atoms in total. The minimum atomic E-state index is 0.564. The Morgan fingerprint density at radius 3 is 2.29 bits per heavy atom. The summed E-state index contributed by atoms with van der Waals surface area (Å²) >= 11 is 0. The van der Waals surface area contributed by atoms with Crippen LogP contribution in [0.2, 0.25) is 0 Å². The van der Waals surface area contributed by atoms with Crippen molar-refractivity contribution in [3.63, 3.8) is 0 Å². The summed E-state index contributed by atoms with van der Waals surface area (Å²) in [7, 11) is 0. The maximum absolute atomic E-state index is 5.95. The van der Waals surface area contributed by atoms with Crippen molar-refractivity contribution in [1.29, 1.82) is 0 Å². The zero-order chi connectivity index (χ0) is 12.3. The lowest BCUT2D eigenvalue weighted by Gasteiger charge is -2.27. The minimum absolute atomic E-state index is 0.564. The van der Waals surface area contributed by atoms with E-state index in [1.165, 1.54) is 50.0 Å². The fourth-order valence-electron chi connectivity index (χ4n) is 2.63. The highest BCUT2D eigenvalue weighted by Crippen LogP contribution is 2.31. The molecule has 94 valence electrons. The van der Waals surface area contributed by atoms with Gasteiger partial charge in [0.05, 0.1) is 0 Å². The van der Waals surface area contributed by atoms with Gasteiger partial charge in [-0.1, -0.05) is 32.8 Å². The number of benzene rings is 1. The molecule has 0 bridgehead atoms. The summed E-state index contributed by atoms with van der Waals surface area (Å²) in [5.74, 6) is 0.564. The number of hydrogen-bond acceptors (Lipinski definition) is 2. The first-order valence-electron chi connectivity index (χ1n) is 6.83. The van der Waals surface area contributed by atoms with Crippen molar-refractivity contribution in [3.8, 4) is 0 Å². The second-order valence-corrected chi connectivity index (χ2v) is 5.37. The zero-order valence-corrected chi connectivity index (χ0v) is 11.1. The molecule has 0 saturated carbocycles. The molecular weight excluding hydrogens is 208 g/mol. The van der Waals surface area contributed by atoms with E-state index in [9.17, 15) is 0 Å². The van der Waals surface area contributed by atoms with Crippen LogP contribution in [0.5, 0.6) is 0 Å². The largest absolute Gasteiger partial charge is 0.399 e. The Morgan fingerprint density at radius 2 is 1.71 bits per heavy atom. The van der Waals surface area contributed by atoms with Crippen LogP contribution in [0.1, 0.15) is 51.0 Å². The molecular formula is C15H24N2. The van der Waals surface area contributed by atoms with Gasteiger partial charge in [0.2, 0.25) is 0 Å². The number of nitrogens with two attached hydrogens (primary N) is 1. The van der Waals surface area contributed by atoms with Crippen LogP contribution in [-0.4, -0.2) is 13.1 Å². The third kappa shape index (κ3) is 2.93. The quantitative estimate of drug-likeness (QED) is 0.786. The highest BCUT2D eigenvalue weighted by molar-refractivity contribution is 5.62. The first kappa shape index (κ1) is 12.3. The number of rotatable bonds is 2. The summed E-state index contributed by atoms with van der Waals surface area (Å²) in [4.78, 5) is 2.53. The lowest BCUT2D eigenvalue weighted by Crippen LogP contribution is -2.25. The fourth-order valence-corrected chi connectivity index (χ4v) is 2.63. The molecule has 1 aromatic carbocycles. The van der Waals surface area contributed by atoms with Crippen molar-refractivity contribution in [2.45, 2.75) is 45.4 Å². The maximum atomic E-state index is 5.95. The van der Waals surface area contributed by atoms with Crippen molar-refractivity contribution in [3.05, 3.63) is 23.8 Å². The summed E-state index contributed by atoms with van der Waals surface area (Å²) in [5.41, 5.74) is 9.62. The highest BCUT2D eigenvalue weighted by atomic mass is 15.1. The summed E-state index contributed by atoms with van der Waals surface area (Å²) in [6.07, 6.45) is 5.37. The van der Waals surface area contributed by atoms with Gasteiger partial charge in [0.1, 0.15) is 0 Å². The summed E-state index contributed by atoms with van der Waals surface area (Å²) in [5, 5.41) is 0. The summed E-state index contributed by atoms with van der Waals surface area (Å²) in [6, 6.07) is 6.37. The first-order valence-corrected chi connectivity index (χ1v) is 6.83. The lowest BCUT2D eigenvalue weighted by molar-refractivity contribution is 0.726. The second-order valence-electron chi connectivity index (χ2n) is 5.37. The summed E-state index contributed by atoms with van der Waals surface area (Å²) < 4.78 is 0. The molecule has 0 spiro atoms. The third-order valence-electron chi connectivity index (χ3n) is 3.62. The van der Waals surface area contributed by atoms with E-state index < -0.39 is 0 Å². The van der Waals surface area contributed by atoms with Crippen LogP contribution in [0.25, 0.3) is 0 Å². The Morgan fingerprint density at radius 1 is 1.06 bits per heavy atom. The molecule has 0 radical (unpaired) electrons. The number of nitrogen functional groups attached to an aromatic ring is 1. The van der Waals surface area contributed by atoms with E-state index in [1.807, 2.05) is 6.07 Å². The molecule has 2 heteroatoms. The van der Waals surface area contributed by atoms with Crippen molar-refractivity contribution in [2.24, 2.45) is 0 Å². The van der Waals surface area contributed by atoms with E-state index in [0.29, 0.717) is 5.92 Å². The molecule has 1 saturated heterocycles. The van der Waals surface area contributed by atoms with Crippen LogP contribution in [0.15, 0.2) is 18.2 Å². The molecule has 1 aliphatic heterocycles. The van der Waals surface area contributed by atoms with E-state index in [4.69, 9.17) is 5.73 Å². The standard InChI is InChI=1S/C15H24N2/c1-12(2)14-8-7-13(16)11-15(14)17-9-5-3-4-6-10-17/h7-8,11-12H,3-6,9-10,16H2,1-2H3. The smallest absolute Gasteiger partial charge is 0.0422 e. The van der Waals surface area contributed by atoms with Gasteiger partial charge < -0.3 is 10.6 Å². The zero-order valence-electron chi connectivity index (χ0n) is 11.1. The molecule has 0 aliphatic carbocycles.